The fourth-order valence-corrected chi connectivity index (χ4v) is 12.0. The normalized spacial score (nSPS) is 12.6. The molecule has 0 aliphatic heterocycles. The van der Waals surface area contributed by atoms with E-state index >= 15 is 0 Å². The number of aliphatic hydroxyl groups is 2. The lowest BCUT2D eigenvalue weighted by Crippen LogP contribution is -2.45. The molecule has 3 N–H and O–H groups in total. The van der Waals surface area contributed by atoms with Crippen molar-refractivity contribution in [2.24, 2.45) is 0 Å². The van der Waals surface area contributed by atoms with Crippen molar-refractivity contribution in [3.05, 3.63) is 24.3 Å². The number of hydrogen-bond acceptors (Lipinski definition) is 5. The first kappa shape index (κ1) is 80.3. The summed E-state index contributed by atoms with van der Waals surface area (Å²) < 4.78 is 5.51. The molecule has 6 heteroatoms. The lowest BCUT2D eigenvalue weighted by atomic mass is 10.0. The maximum Gasteiger partial charge on any atom is 0.305 e. The third-order valence-corrected chi connectivity index (χ3v) is 17.7. The van der Waals surface area contributed by atoms with Crippen molar-refractivity contribution in [1.29, 1.82) is 0 Å². The van der Waals surface area contributed by atoms with E-state index in [2.05, 4.69) is 31.3 Å². The monoisotopic (exact) mass is 1150 g/mol. The van der Waals surface area contributed by atoms with Gasteiger partial charge >= 0.3 is 5.97 Å². The molecule has 6 nitrogen and oxygen atoms in total. The van der Waals surface area contributed by atoms with Crippen molar-refractivity contribution < 1.29 is 24.5 Å². The summed E-state index contributed by atoms with van der Waals surface area (Å²) in [6.07, 6.45) is 91.6. The number of carbonyl (C=O) groups excluding carboxylic acids is 2. The van der Waals surface area contributed by atoms with Crippen LogP contribution in [0.5, 0.6) is 0 Å². The molecule has 0 aromatic carbocycles. The molecule has 0 aliphatic carbocycles. The van der Waals surface area contributed by atoms with E-state index in [1.807, 2.05) is 6.08 Å². The zero-order valence-electron chi connectivity index (χ0n) is 55.8. The van der Waals surface area contributed by atoms with E-state index in [1.165, 1.54) is 360 Å². The van der Waals surface area contributed by atoms with Crippen molar-refractivity contribution in [3.63, 3.8) is 0 Å². The molecule has 0 aromatic heterocycles. The molecule has 1 amide bonds. The smallest absolute Gasteiger partial charge is 0.305 e. The van der Waals surface area contributed by atoms with E-state index in [0.717, 1.165) is 38.5 Å². The quantitative estimate of drug-likeness (QED) is 0.0320. The molecular formula is C76H147NO5. The van der Waals surface area contributed by atoms with E-state index < -0.39 is 12.1 Å². The van der Waals surface area contributed by atoms with Gasteiger partial charge in [0, 0.05) is 12.8 Å². The second-order valence-electron chi connectivity index (χ2n) is 26.0. The highest BCUT2D eigenvalue weighted by atomic mass is 16.5. The standard InChI is InChI=1S/C76H147NO5/c1-3-5-7-9-11-13-15-17-18-43-46-50-54-58-62-66-70-76(81)82-71-67-63-59-55-51-47-44-41-39-37-35-33-31-29-27-25-23-21-19-20-22-24-26-28-30-32-34-36-38-40-42-45-49-53-57-61-65-69-75(80)77-73(72-78)74(79)68-64-60-56-52-48-16-14-12-10-8-6-4-2/h19,21,64,68,73-74,78-79H,3-18,20,22-63,65-67,69-72H2,1-2H3,(H,77,80)/b21-19-,68-64+. The molecule has 0 radical (unpaired) electrons. The predicted molar refractivity (Wildman–Crippen MR) is 361 cm³/mol. The summed E-state index contributed by atoms with van der Waals surface area (Å²) in [6.45, 7) is 4.94. The van der Waals surface area contributed by atoms with E-state index in [-0.39, 0.29) is 18.5 Å². The van der Waals surface area contributed by atoms with Gasteiger partial charge in [0.1, 0.15) is 0 Å². The number of aliphatic hydroxyl groups excluding tert-OH is 2. The number of nitrogens with one attached hydrogen (secondary N) is 1. The number of esters is 1. The van der Waals surface area contributed by atoms with E-state index in [1.54, 1.807) is 6.08 Å². The fraction of sp³-hybridized carbons (Fsp3) is 0.921. The number of allylic oxidation sites excluding steroid dienone is 3. The average molecular weight is 1160 g/mol. The molecule has 0 rings (SSSR count). The molecule has 2 unspecified atom stereocenters. The van der Waals surface area contributed by atoms with Crippen LogP contribution in [0.4, 0.5) is 0 Å². The first-order chi connectivity index (χ1) is 40.5. The minimum Gasteiger partial charge on any atom is -0.466 e. The number of carbonyl (C=O) groups is 2. The summed E-state index contributed by atoms with van der Waals surface area (Å²) >= 11 is 0. The Morgan fingerprint density at radius 2 is 0.573 bits per heavy atom. The molecule has 82 heavy (non-hydrogen) atoms. The zero-order valence-corrected chi connectivity index (χ0v) is 55.8. The van der Waals surface area contributed by atoms with Gasteiger partial charge in [-0.1, -0.05) is 378 Å². The highest BCUT2D eigenvalue weighted by Crippen LogP contribution is 2.19. The minimum atomic E-state index is -0.840. The minimum absolute atomic E-state index is 0.0254. The number of rotatable bonds is 71. The number of unbranched alkanes of at least 4 members (excludes halogenated alkanes) is 58. The topological polar surface area (TPSA) is 95.9 Å². The van der Waals surface area contributed by atoms with Gasteiger partial charge in [0.05, 0.1) is 25.4 Å². The van der Waals surface area contributed by atoms with Crippen molar-refractivity contribution in [2.75, 3.05) is 13.2 Å². The largest absolute Gasteiger partial charge is 0.466 e. The van der Waals surface area contributed by atoms with Gasteiger partial charge in [0.2, 0.25) is 5.91 Å². The second-order valence-corrected chi connectivity index (χ2v) is 26.0. The third-order valence-electron chi connectivity index (χ3n) is 17.7. The van der Waals surface area contributed by atoms with Crippen LogP contribution in [0.25, 0.3) is 0 Å². The summed E-state index contributed by atoms with van der Waals surface area (Å²) in [6, 6.07) is -0.623. The SMILES string of the molecule is CCCCCCCCCCCC/C=C/C(O)C(CO)NC(=O)CCCCCCCCCCCCCCCCCCC/C=C\CCCCCCCCCCCCCCCCCCOC(=O)CCCCCCCCCCCCCCCCCC. The van der Waals surface area contributed by atoms with Crippen LogP contribution in [0, 0.1) is 0 Å². The maximum atomic E-state index is 12.5. The maximum absolute atomic E-state index is 12.5. The van der Waals surface area contributed by atoms with Crippen LogP contribution in [-0.2, 0) is 14.3 Å². The Bertz CT molecular complexity index is 1280. The molecule has 0 aliphatic rings. The highest BCUT2D eigenvalue weighted by Gasteiger charge is 2.18. The van der Waals surface area contributed by atoms with Gasteiger partial charge in [-0.05, 0) is 57.8 Å². The molecule has 0 heterocycles. The number of ether oxygens (including phenoxy) is 1. The summed E-state index contributed by atoms with van der Waals surface area (Å²) in [5, 5.41) is 23.1. The number of amides is 1. The van der Waals surface area contributed by atoms with Gasteiger partial charge in [-0.2, -0.15) is 0 Å². The first-order valence-electron chi connectivity index (χ1n) is 37.6. The van der Waals surface area contributed by atoms with Crippen molar-refractivity contribution in [2.45, 2.75) is 437 Å². The second kappa shape index (κ2) is 71.8. The molecule has 0 spiro atoms. The summed E-state index contributed by atoms with van der Waals surface area (Å²) in [7, 11) is 0. The zero-order chi connectivity index (χ0) is 59.2. The van der Waals surface area contributed by atoms with Crippen LogP contribution in [0.2, 0.25) is 0 Å². The molecule has 0 saturated heterocycles. The fourth-order valence-electron chi connectivity index (χ4n) is 12.0. The summed E-state index contributed by atoms with van der Waals surface area (Å²) in [5.74, 6) is -0.0372. The van der Waals surface area contributed by atoms with Gasteiger partial charge < -0.3 is 20.3 Å². The Labute approximate surface area is 513 Å². The van der Waals surface area contributed by atoms with Crippen LogP contribution >= 0.6 is 0 Å². The Balaban J connectivity index is 3.31. The van der Waals surface area contributed by atoms with Gasteiger partial charge in [-0.3, -0.25) is 9.59 Å². The predicted octanol–water partition coefficient (Wildman–Crippen LogP) is 24.5. The van der Waals surface area contributed by atoms with Gasteiger partial charge in [0.15, 0.2) is 0 Å². The molecular weight excluding hydrogens is 1010 g/mol. The molecule has 0 aromatic rings. The lowest BCUT2D eigenvalue weighted by Gasteiger charge is -2.20. The van der Waals surface area contributed by atoms with Crippen LogP contribution in [0.15, 0.2) is 24.3 Å². The Morgan fingerprint density at radius 1 is 0.329 bits per heavy atom. The Hall–Kier alpha value is -1.66. The van der Waals surface area contributed by atoms with Crippen LogP contribution in [-0.4, -0.2) is 47.4 Å². The molecule has 0 saturated carbocycles. The molecule has 2 atom stereocenters. The lowest BCUT2D eigenvalue weighted by molar-refractivity contribution is -0.143. The Morgan fingerprint density at radius 3 is 0.866 bits per heavy atom. The van der Waals surface area contributed by atoms with Crippen molar-refractivity contribution >= 4 is 11.9 Å². The summed E-state index contributed by atoms with van der Waals surface area (Å²) in [5.41, 5.74) is 0. The van der Waals surface area contributed by atoms with Crippen molar-refractivity contribution in [3.8, 4) is 0 Å². The first-order valence-corrected chi connectivity index (χ1v) is 37.6. The van der Waals surface area contributed by atoms with E-state index in [4.69, 9.17) is 4.74 Å². The van der Waals surface area contributed by atoms with E-state index in [0.29, 0.717) is 19.4 Å². The average Bonchev–Trinajstić information content (AvgIpc) is 3.48. The van der Waals surface area contributed by atoms with Gasteiger partial charge in [0.25, 0.3) is 0 Å². The van der Waals surface area contributed by atoms with Crippen LogP contribution < -0.4 is 5.32 Å². The van der Waals surface area contributed by atoms with Crippen LogP contribution in [0.3, 0.4) is 0 Å². The Kier molecular flexibility index (Phi) is 70.4. The molecule has 0 bridgehead atoms. The van der Waals surface area contributed by atoms with Crippen molar-refractivity contribution in [1.82, 2.24) is 5.32 Å². The van der Waals surface area contributed by atoms with E-state index in [9.17, 15) is 19.8 Å². The molecule has 0 fully saturated rings. The molecule has 486 valence electrons. The van der Waals surface area contributed by atoms with Crippen LogP contribution in [0.1, 0.15) is 425 Å². The highest BCUT2D eigenvalue weighted by molar-refractivity contribution is 5.76. The van der Waals surface area contributed by atoms with Gasteiger partial charge in [-0.25, -0.2) is 0 Å². The number of hydrogen-bond donors (Lipinski definition) is 3. The third kappa shape index (κ3) is 67.5. The summed E-state index contributed by atoms with van der Waals surface area (Å²) in [4.78, 5) is 24.6. The van der Waals surface area contributed by atoms with Gasteiger partial charge in [-0.15, -0.1) is 0 Å².